The molecule has 0 saturated carbocycles. The van der Waals surface area contributed by atoms with Crippen LogP contribution in [-0.4, -0.2) is 27.7 Å². The number of nitrogens with zero attached hydrogens (tertiary/aromatic N) is 2. The summed E-state index contributed by atoms with van der Waals surface area (Å²) in [5.41, 5.74) is 0.553. The molecule has 0 aromatic heterocycles. The third-order valence-corrected chi connectivity index (χ3v) is 2.77. The van der Waals surface area contributed by atoms with Gasteiger partial charge in [0.1, 0.15) is 6.10 Å². The number of hydrogen-bond acceptors (Lipinski definition) is 5. The van der Waals surface area contributed by atoms with Crippen LogP contribution in [0.3, 0.4) is 0 Å². The first kappa shape index (κ1) is 15.2. The number of nitro benzene ring substituents is 1. The fourth-order valence-corrected chi connectivity index (χ4v) is 1.80. The third-order valence-electron chi connectivity index (χ3n) is 2.20. The molecule has 0 radical (unpaired) electrons. The van der Waals surface area contributed by atoms with Crippen LogP contribution in [0.15, 0.2) is 29.3 Å². The highest BCUT2D eigenvalue weighted by Crippen LogP contribution is 2.27. The lowest BCUT2D eigenvalue weighted by Gasteiger charge is -2.15. The molecule has 0 aliphatic rings. The van der Waals surface area contributed by atoms with Gasteiger partial charge in [0, 0.05) is 10.5 Å². The van der Waals surface area contributed by atoms with E-state index < -0.39 is 11.0 Å². The quantitative estimate of drug-likeness (QED) is 0.183. The molecule has 18 heavy (non-hydrogen) atoms. The second kappa shape index (κ2) is 8.25. The van der Waals surface area contributed by atoms with E-state index in [4.69, 9.17) is 4.74 Å². The number of alkyl halides is 1. The van der Waals surface area contributed by atoms with Gasteiger partial charge in [0.05, 0.1) is 28.8 Å². The number of ether oxygens (including phenoxy) is 1. The maximum absolute atomic E-state index is 11.0. The Balaban J connectivity index is 3.02. The van der Waals surface area contributed by atoms with Crippen LogP contribution in [0.25, 0.3) is 0 Å². The van der Waals surface area contributed by atoms with Crippen molar-refractivity contribution in [3.63, 3.8) is 0 Å². The van der Waals surface area contributed by atoms with E-state index in [9.17, 15) is 10.1 Å². The fourth-order valence-electron chi connectivity index (χ4n) is 1.47. The normalized spacial score (nSPS) is 11.6. The zero-order chi connectivity index (χ0) is 13.4. The van der Waals surface area contributed by atoms with Crippen LogP contribution in [0.5, 0.6) is 0 Å². The topological polar surface area (TPSA) is 64.7 Å². The predicted molar refractivity (Wildman–Crippen MR) is 80.6 cm³/mol. The Hall–Kier alpha value is -0.890. The number of nitro groups is 1. The molecule has 5 nitrogen and oxygen atoms in total. The highest BCUT2D eigenvalue weighted by Gasteiger charge is 2.21. The van der Waals surface area contributed by atoms with Gasteiger partial charge in [-0.1, -0.05) is 34.7 Å². The first-order chi connectivity index (χ1) is 8.70. The van der Waals surface area contributed by atoms with Gasteiger partial charge in [-0.2, -0.15) is 0 Å². The van der Waals surface area contributed by atoms with E-state index in [0.717, 1.165) is 4.43 Å². The second-order valence-electron chi connectivity index (χ2n) is 3.30. The minimum absolute atomic E-state index is 0.0375. The van der Waals surface area contributed by atoms with Gasteiger partial charge in [-0.25, -0.2) is 4.99 Å². The molecule has 1 unspecified atom stereocenters. The summed E-state index contributed by atoms with van der Waals surface area (Å²) in [7, 11) is 0. The van der Waals surface area contributed by atoms with Crippen molar-refractivity contribution >= 4 is 45.7 Å². The van der Waals surface area contributed by atoms with E-state index in [2.05, 4.69) is 45.0 Å². The summed E-state index contributed by atoms with van der Waals surface area (Å²) < 4.78 is 6.38. The zero-order valence-corrected chi connectivity index (χ0v) is 12.4. The SMILES string of the molecule is O=[N+]([O-])c1ccccc1C(CN=C=S)OCCI. The first-order valence-corrected chi connectivity index (χ1v) is 7.08. The first-order valence-electron chi connectivity index (χ1n) is 5.15. The molecule has 0 bridgehead atoms. The lowest BCUT2D eigenvalue weighted by Crippen LogP contribution is -2.11. The molecule has 0 amide bonds. The van der Waals surface area contributed by atoms with E-state index in [1.54, 1.807) is 18.2 Å². The predicted octanol–water partition coefficient (Wildman–Crippen LogP) is 3.19. The average Bonchev–Trinajstić information content (AvgIpc) is 2.39. The van der Waals surface area contributed by atoms with Crippen LogP contribution in [0.1, 0.15) is 11.7 Å². The maximum Gasteiger partial charge on any atom is 0.275 e. The molecule has 1 aromatic carbocycles. The molecule has 0 saturated heterocycles. The molecule has 0 aliphatic heterocycles. The molecule has 1 atom stereocenters. The minimum atomic E-state index is -0.461. The Morgan fingerprint density at radius 3 is 2.89 bits per heavy atom. The van der Waals surface area contributed by atoms with E-state index in [1.807, 2.05) is 0 Å². The van der Waals surface area contributed by atoms with Crippen molar-refractivity contribution in [2.24, 2.45) is 4.99 Å². The molecule has 0 heterocycles. The number of thiocarbonyl (C=S) groups is 1. The van der Waals surface area contributed by atoms with Gasteiger partial charge in [-0.15, -0.1) is 0 Å². The monoisotopic (exact) mass is 378 g/mol. The van der Waals surface area contributed by atoms with Crippen LogP contribution in [0.4, 0.5) is 5.69 Å². The number of aliphatic imine (C=N–C) groups is 1. The standard InChI is InChI=1S/C11H11IN2O3S/c12-5-6-17-11(7-13-8-18)9-3-1-2-4-10(9)14(15)16/h1-4,11H,5-7H2. The maximum atomic E-state index is 11.0. The minimum Gasteiger partial charge on any atom is -0.370 e. The molecule has 1 aromatic rings. The highest BCUT2D eigenvalue weighted by atomic mass is 127. The van der Waals surface area contributed by atoms with Crippen LogP contribution in [0.2, 0.25) is 0 Å². The second-order valence-corrected chi connectivity index (χ2v) is 4.56. The Morgan fingerprint density at radius 1 is 1.56 bits per heavy atom. The molecule has 0 N–H and O–H groups in total. The van der Waals surface area contributed by atoms with Crippen molar-refractivity contribution in [2.75, 3.05) is 17.6 Å². The van der Waals surface area contributed by atoms with Crippen LogP contribution in [0, 0.1) is 10.1 Å². The third kappa shape index (κ3) is 4.41. The number of benzene rings is 1. The number of halogens is 1. The zero-order valence-electron chi connectivity index (χ0n) is 9.41. The summed E-state index contributed by atoms with van der Waals surface area (Å²) in [4.78, 5) is 14.4. The molecule has 0 fully saturated rings. The number of rotatable bonds is 7. The Kier molecular flexibility index (Phi) is 6.96. The summed E-state index contributed by atoms with van der Waals surface area (Å²) in [6, 6.07) is 6.50. The molecule has 1 rings (SSSR count). The van der Waals surface area contributed by atoms with Crippen molar-refractivity contribution < 1.29 is 9.66 Å². The van der Waals surface area contributed by atoms with Gasteiger partial charge in [0.15, 0.2) is 0 Å². The number of para-hydroxylation sites is 1. The van der Waals surface area contributed by atoms with Gasteiger partial charge >= 0.3 is 0 Å². The molecule has 0 spiro atoms. The Morgan fingerprint density at radius 2 is 2.28 bits per heavy atom. The van der Waals surface area contributed by atoms with E-state index >= 15 is 0 Å². The summed E-state index contributed by atoms with van der Waals surface area (Å²) in [6.45, 7) is 0.745. The fraction of sp³-hybridized carbons (Fsp3) is 0.364. The van der Waals surface area contributed by atoms with Crippen LogP contribution >= 0.6 is 34.8 Å². The molecule has 0 aliphatic carbocycles. The van der Waals surface area contributed by atoms with Crippen LogP contribution < -0.4 is 0 Å². The number of hydrogen-bond donors (Lipinski definition) is 0. The largest absolute Gasteiger partial charge is 0.370 e. The lowest BCUT2D eigenvalue weighted by atomic mass is 10.1. The number of isothiocyanates is 1. The molecular formula is C11H11IN2O3S. The summed E-state index contributed by atoms with van der Waals surface area (Å²) in [6.07, 6.45) is -0.461. The highest BCUT2D eigenvalue weighted by molar-refractivity contribution is 14.1. The van der Waals surface area contributed by atoms with Crippen molar-refractivity contribution in [3.8, 4) is 0 Å². The van der Waals surface area contributed by atoms with Gasteiger partial charge < -0.3 is 4.74 Å². The Bertz CT molecular complexity index is 463. The van der Waals surface area contributed by atoms with E-state index in [1.165, 1.54) is 6.07 Å². The van der Waals surface area contributed by atoms with Crippen LogP contribution in [-0.2, 0) is 4.74 Å². The molecular weight excluding hydrogens is 367 g/mol. The molecule has 7 heteroatoms. The van der Waals surface area contributed by atoms with Gasteiger partial charge in [-0.3, -0.25) is 10.1 Å². The van der Waals surface area contributed by atoms with Gasteiger partial charge in [-0.05, 0) is 18.3 Å². The van der Waals surface area contributed by atoms with Crippen molar-refractivity contribution in [2.45, 2.75) is 6.10 Å². The summed E-state index contributed by atoms with van der Waals surface area (Å²) in [5.74, 6) is 0. The van der Waals surface area contributed by atoms with Gasteiger partial charge in [0.25, 0.3) is 5.69 Å². The van der Waals surface area contributed by atoms with E-state index in [-0.39, 0.29) is 12.2 Å². The van der Waals surface area contributed by atoms with E-state index in [0.29, 0.717) is 12.2 Å². The van der Waals surface area contributed by atoms with Crippen molar-refractivity contribution in [3.05, 3.63) is 39.9 Å². The Labute approximate surface area is 124 Å². The lowest BCUT2D eigenvalue weighted by molar-refractivity contribution is -0.386. The van der Waals surface area contributed by atoms with Gasteiger partial charge in [0.2, 0.25) is 0 Å². The summed E-state index contributed by atoms with van der Waals surface area (Å²) >= 11 is 6.68. The average molecular weight is 378 g/mol. The van der Waals surface area contributed by atoms with Crippen molar-refractivity contribution in [1.29, 1.82) is 0 Å². The van der Waals surface area contributed by atoms with Crippen molar-refractivity contribution in [1.82, 2.24) is 0 Å². The smallest absolute Gasteiger partial charge is 0.275 e. The molecule has 96 valence electrons. The summed E-state index contributed by atoms with van der Waals surface area (Å²) in [5, 5.41) is 13.2.